The maximum Gasteiger partial charge on any atom is 0.244 e. The van der Waals surface area contributed by atoms with Gasteiger partial charge in [0.05, 0.1) is 16.4 Å². The second-order valence-electron chi connectivity index (χ2n) is 4.82. The molecule has 0 radical (unpaired) electrons. The van der Waals surface area contributed by atoms with Gasteiger partial charge in [-0.05, 0) is 36.7 Å². The molecular weight excluding hydrogens is 322 g/mol. The lowest BCUT2D eigenvalue weighted by molar-refractivity contribution is -0.124. The standard InChI is InChI=1S/C13H18BrN5O/c1-8-12(14)7-19(17-8)10(3)13(20)15-5-11-6-16-18(4)9(11)2/h6-7,10H,5H2,1-4H3,(H,15,20). The molecule has 6 nitrogen and oxygen atoms in total. The van der Waals surface area contributed by atoms with Crippen LogP contribution in [0.4, 0.5) is 0 Å². The number of aromatic nitrogens is 4. The minimum absolute atomic E-state index is 0.0664. The first kappa shape index (κ1) is 14.8. The van der Waals surface area contributed by atoms with Gasteiger partial charge in [-0.1, -0.05) is 0 Å². The summed E-state index contributed by atoms with van der Waals surface area (Å²) in [5.74, 6) is -0.0664. The third kappa shape index (κ3) is 2.92. The van der Waals surface area contributed by atoms with E-state index in [0.717, 1.165) is 21.4 Å². The number of carbonyl (C=O) groups excluding carboxylic acids is 1. The lowest BCUT2D eigenvalue weighted by atomic mass is 10.2. The molecule has 0 bridgehead atoms. The average molecular weight is 340 g/mol. The molecule has 0 saturated carbocycles. The third-order valence-corrected chi connectivity index (χ3v) is 4.20. The first-order chi connectivity index (χ1) is 9.40. The molecule has 1 amide bonds. The van der Waals surface area contributed by atoms with Crippen molar-refractivity contribution in [2.24, 2.45) is 7.05 Å². The lowest BCUT2D eigenvalue weighted by Gasteiger charge is -2.12. The van der Waals surface area contributed by atoms with Crippen LogP contribution in [0.5, 0.6) is 0 Å². The van der Waals surface area contributed by atoms with E-state index in [4.69, 9.17) is 0 Å². The second kappa shape index (κ2) is 5.78. The van der Waals surface area contributed by atoms with Crippen molar-refractivity contribution in [1.29, 1.82) is 0 Å². The summed E-state index contributed by atoms with van der Waals surface area (Å²) in [4.78, 5) is 12.1. The molecule has 7 heteroatoms. The predicted molar refractivity (Wildman–Crippen MR) is 79.2 cm³/mol. The number of hydrogen-bond donors (Lipinski definition) is 1. The summed E-state index contributed by atoms with van der Waals surface area (Å²) in [6.45, 7) is 6.17. The molecule has 108 valence electrons. The molecule has 20 heavy (non-hydrogen) atoms. The zero-order chi connectivity index (χ0) is 14.9. The minimum atomic E-state index is -0.350. The molecule has 0 aliphatic heterocycles. The van der Waals surface area contributed by atoms with E-state index in [-0.39, 0.29) is 11.9 Å². The Balaban J connectivity index is 1.99. The SMILES string of the molecule is Cc1nn(C(C)C(=O)NCc2cnn(C)c2C)cc1Br. The van der Waals surface area contributed by atoms with Crippen LogP contribution in [0.25, 0.3) is 0 Å². The Bertz CT molecular complexity index is 611. The van der Waals surface area contributed by atoms with Crippen molar-refractivity contribution in [3.05, 3.63) is 33.8 Å². The minimum Gasteiger partial charge on any atom is -0.350 e. The van der Waals surface area contributed by atoms with Gasteiger partial charge in [0.15, 0.2) is 0 Å². The highest BCUT2D eigenvalue weighted by atomic mass is 79.9. The van der Waals surface area contributed by atoms with Crippen molar-refractivity contribution in [1.82, 2.24) is 24.9 Å². The number of rotatable bonds is 4. The summed E-state index contributed by atoms with van der Waals surface area (Å²) >= 11 is 3.40. The van der Waals surface area contributed by atoms with Crippen LogP contribution in [0.15, 0.2) is 16.9 Å². The van der Waals surface area contributed by atoms with Crippen molar-refractivity contribution in [2.75, 3.05) is 0 Å². The molecule has 1 atom stereocenters. The number of amides is 1. The van der Waals surface area contributed by atoms with Crippen molar-refractivity contribution < 1.29 is 4.79 Å². The van der Waals surface area contributed by atoms with Crippen molar-refractivity contribution >= 4 is 21.8 Å². The van der Waals surface area contributed by atoms with Crippen LogP contribution in [-0.2, 0) is 18.4 Å². The highest BCUT2D eigenvalue weighted by Gasteiger charge is 2.17. The van der Waals surface area contributed by atoms with Crippen LogP contribution < -0.4 is 5.32 Å². The average Bonchev–Trinajstić information content (AvgIpc) is 2.91. The fourth-order valence-corrected chi connectivity index (χ4v) is 2.11. The molecule has 1 N–H and O–H groups in total. The maximum absolute atomic E-state index is 12.1. The van der Waals surface area contributed by atoms with E-state index in [9.17, 15) is 4.79 Å². The molecule has 2 heterocycles. The van der Waals surface area contributed by atoms with Crippen LogP contribution in [-0.4, -0.2) is 25.5 Å². The molecule has 2 aromatic rings. The quantitative estimate of drug-likeness (QED) is 0.924. The van der Waals surface area contributed by atoms with Gasteiger partial charge in [0.25, 0.3) is 0 Å². The summed E-state index contributed by atoms with van der Waals surface area (Å²) in [5.41, 5.74) is 2.94. The molecule has 0 fully saturated rings. The van der Waals surface area contributed by atoms with Gasteiger partial charge >= 0.3 is 0 Å². The molecule has 0 aromatic carbocycles. The number of nitrogens with zero attached hydrogens (tertiary/aromatic N) is 4. The van der Waals surface area contributed by atoms with E-state index in [1.54, 1.807) is 15.6 Å². The van der Waals surface area contributed by atoms with Gasteiger partial charge in [-0.3, -0.25) is 14.2 Å². The number of halogens is 1. The van der Waals surface area contributed by atoms with Gasteiger partial charge in [-0.25, -0.2) is 0 Å². The summed E-state index contributed by atoms with van der Waals surface area (Å²) in [5, 5.41) is 11.4. The Morgan fingerprint density at radius 1 is 1.50 bits per heavy atom. The van der Waals surface area contributed by atoms with Crippen LogP contribution in [0.2, 0.25) is 0 Å². The van der Waals surface area contributed by atoms with E-state index in [1.165, 1.54) is 0 Å². The molecule has 0 spiro atoms. The molecule has 1 unspecified atom stereocenters. The van der Waals surface area contributed by atoms with Gasteiger partial charge in [0, 0.05) is 31.0 Å². The largest absolute Gasteiger partial charge is 0.350 e. The number of aryl methyl sites for hydroxylation is 2. The van der Waals surface area contributed by atoms with E-state index >= 15 is 0 Å². The lowest BCUT2D eigenvalue weighted by Crippen LogP contribution is -2.31. The van der Waals surface area contributed by atoms with Crippen molar-refractivity contribution in [2.45, 2.75) is 33.4 Å². The first-order valence-electron chi connectivity index (χ1n) is 6.36. The zero-order valence-corrected chi connectivity index (χ0v) is 13.6. The molecule has 0 aliphatic carbocycles. The van der Waals surface area contributed by atoms with Gasteiger partial charge in [0.2, 0.25) is 5.91 Å². The Labute approximate surface area is 126 Å². The molecule has 0 saturated heterocycles. The Hall–Kier alpha value is -1.63. The highest BCUT2D eigenvalue weighted by molar-refractivity contribution is 9.10. The van der Waals surface area contributed by atoms with Crippen molar-refractivity contribution in [3.63, 3.8) is 0 Å². The van der Waals surface area contributed by atoms with Gasteiger partial charge in [0.1, 0.15) is 6.04 Å². The Morgan fingerprint density at radius 3 is 2.70 bits per heavy atom. The van der Waals surface area contributed by atoms with E-state index in [1.807, 2.05) is 34.0 Å². The molecule has 2 aromatic heterocycles. The predicted octanol–water partition coefficient (Wildman–Crippen LogP) is 1.87. The topological polar surface area (TPSA) is 64.7 Å². The van der Waals surface area contributed by atoms with Crippen LogP contribution >= 0.6 is 15.9 Å². The third-order valence-electron chi connectivity index (χ3n) is 3.42. The zero-order valence-electron chi connectivity index (χ0n) is 12.0. The highest BCUT2D eigenvalue weighted by Crippen LogP contribution is 2.16. The summed E-state index contributed by atoms with van der Waals surface area (Å²) < 4.78 is 4.35. The fourth-order valence-electron chi connectivity index (χ4n) is 1.83. The fraction of sp³-hybridized carbons (Fsp3) is 0.462. The van der Waals surface area contributed by atoms with Crippen molar-refractivity contribution in [3.8, 4) is 0 Å². The van der Waals surface area contributed by atoms with Crippen LogP contribution in [0, 0.1) is 13.8 Å². The number of carbonyl (C=O) groups is 1. The van der Waals surface area contributed by atoms with Crippen LogP contribution in [0.3, 0.4) is 0 Å². The molecule has 2 rings (SSSR count). The van der Waals surface area contributed by atoms with E-state index in [0.29, 0.717) is 6.54 Å². The van der Waals surface area contributed by atoms with E-state index in [2.05, 4.69) is 31.4 Å². The number of nitrogens with one attached hydrogen (secondary N) is 1. The monoisotopic (exact) mass is 339 g/mol. The molecular formula is C13H18BrN5O. The summed E-state index contributed by atoms with van der Waals surface area (Å²) in [6, 6.07) is -0.350. The first-order valence-corrected chi connectivity index (χ1v) is 7.16. The Morgan fingerprint density at radius 2 is 2.20 bits per heavy atom. The van der Waals surface area contributed by atoms with Gasteiger partial charge < -0.3 is 5.32 Å². The molecule has 0 aliphatic rings. The Kier molecular flexibility index (Phi) is 4.27. The second-order valence-corrected chi connectivity index (χ2v) is 5.67. The maximum atomic E-state index is 12.1. The normalized spacial score (nSPS) is 12.4. The summed E-state index contributed by atoms with van der Waals surface area (Å²) in [7, 11) is 1.88. The smallest absolute Gasteiger partial charge is 0.244 e. The summed E-state index contributed by atoms with van der Waals surface area (Å²) in [6.07, 6.45) is 3.59. The van der Waals surface area contributed by atoms with Crippen LogP contribution in [0.1, 0.15) is 29.9 Å². The van der Waals surface area contributed by atoms with Gasteiger partial charge in [-0.15, -0.1) is 0 Å². The van der Waals surface area contributed by atoms with Gasteiger partial charge in [-0.2, -0.15) is 10.2 Å². The van der Waals surface area contributed by atoms with E-state index < -0.39 is 0 Å². The number of hydrogen-bond acceptors (Lipinski definition) is 3.